The molecule has 3 aromatic carbocycles. The highest BCUT2D eigenvalue weighted by molar-refractivity contribution is 6.07. The Morgan fingerprint density at radius 2 is 1.78 bits per heavy atom. The smallest absolute Gasteiger partial charge is 0.221 e. The predicted octanol–water partition coefficient (Wildman–Crippen LogP) is 5.43. The second-order valence-electron chi connectivity index (χ2n) is 11.2. The van der Waals surface area contributed by atoms with E-state index >= 15 is 0 Å². The number of rotatable bonds is 12. The maximum Gasteiger partial charge on any atom is 0.221 e. The van der Waals surface area contributed by atoms with E-state index in [1.54, 1.807) is 25.4 Å². The van der Waals surface area contributed by atoms with Crippen LogP contribution in [0.2, 0.25) is 0 Å². The molecule has 9 nitrogen and oxygen atoms in total. The summed E-state index contributed by atoms with van der Waals surface area (Å²) in [7, 11) is 3.08. The molecule has 1 aromatic heterocycles. The summed E-state index contributed by atoms with van der Waals surface area (Å²) in [4.78, 5) is 26.6. The first kappa shape index (κ1) is 31.5. The van der Waals surface area contributed by atoms with E-state index in [1.807, 2.05) is 12.3 Å². The molecule has 1 atom stereocenters. The van der Waals surface area contributed by atoms with E-state index in [-0.39, 0.29) is 17.8 Å². The third-order valence-corrected chi connectivity index (χ3v) is 8.45. The van der Waals surface area contributed by atoms with Crippen LogP contribution in [-0.4, -0.2) is 59.4 Å². The standard InChI is InChI=1S/C36H42N6O3/c1-5-41(6-2)23-24-11-13-27(14-12-24)33-29-10-8-7-9-26(29)15-17-42(33)18-16-31(43)30-20-25(21-32(44-3)34(30)45-4)19-28-22-39-36(38)40-35(28)37/h7-14,16,18,20-22,33H,5-6,15,17,19,23H2,1-4H3,(H4,37,38,39,40)/b18-16+. The molecule has 4 aromatic rings. The van der Waals surface area contributed by atoms with Gasteiger partial charge in [0, 0.05) is 43.5 Å². The Bertz CT molecular complexity index is 1670. The van der Waals surface area contributed by atoms with Gasteiger partial charge in [0.2, 0.25) is 5.95 Å². The topological polar surface area (TPSA) is 120 Å². The number of fused-ring (bicyclic) bond motifs is 1. The molecule has 0 amide bonds. The van der Waals surface area contributed by atoms with Crippen LogP contribution < -0.4 is 20.9 Å². The Labute approximate surface area is 265 Å². The summed E-state index contributed by atoms with van der Waals surface area (Å²) in [6.45, 7) is 8.12. The largest absolute Gasteiger partial charge is 0.493 e. The molecule has 4 N–H and O–H groups in total. The maximum atomic E-state index is 13.8. The zero-order valence-electron chi connectivity index (χ0n) is 26.5. The number of aromatic nitrogens is 2. The molecule has 1 aliphatic heterocycles. The first-order valence-electron chi connectivity index (χ1n) is 15.3. The van der Waals surface area contributed by atoms with Gasteiger partial charge >= 0.3 is 0 Å². The quantitative estimate of drug-likeness (QED) is 0.161. The molecule has 2 heterocycles. The number of hydrogen-bond acceptors (Lipinski definition) is 9. The molecule has 9 heteroatoms. The van der Waals surface area contributed by atoms with Crippen LogP contribution in [-0.2, 0) is 19.4 Å². The van der Waals surface area contributed by atoms with Gasteiger partial charge in [0.1, 0.15) is 5.82 Å². The molecular weight excluding hydrogens is 564 g/mol. The lowest BCUT2D eigenvalue weighted by molar-refractivity contribution is 0.104. The third-order valence-electron chi connectivity index (χ3n) is 8.45. The normalized spacial score (nSPS) is 14.5. The molecule has 0 bridgehead atoms. The SMILES string of the molecule is CCN(CC)Cc1ccc(C2c3ccccc3CCN2/C=C/C(=O)c2cc(Cc3cnc(N)nc3N)cc(OC)c2OC)cc1. The van der Waals surface area contributed by atoms with Crippen LogP contribution in [0.25, 0.3) is 0 Å². The first-order chi connectivity index (χ1) is 21.8. The summed E-state index contributed by atoms with van der Waals surface area (Å²) in [5.41, 5.74) is 18.7. The number of allylic oxidation sites excluding steroid dienone is 1. The van der Waals surface area contributed by atoms with Gasteiger partial charge in [-0.2, -0.15) is 4.98 Å². The summed E-state index contributed by atoms with van der Waals surface area (Å²) >= 11 is 0. The average Bonchev–Trinajstić information content (AvgIpc) is 3.06. The Morgan fingerprint density at radius 1 is 1.02 bits per heavy atom. The van der Waals surface area contributed by atoms with Gasteiger partial charge in [0.25, 0.3) is 0 Å². The molecule has 45 heavy (non-hydrogen) atoms. The lowest BCUT2D eigenvalue weighted by Gasteiger charge is -2.37. The number of nitrogens with zero attached hydrogens (tertiary/aromatic N) is 4. The van der Waals surface area contributed by atoms with Gasteiger partial charge in [-0.3, -0.25) is 9.69 Å². The lowest BCUT2D eigenvalue weighted by atomic mass is 9.88. The van der Waals surface area contributed by atoms with E-state index in [0.29, 0.717) is 34.9 Å². The number of benzene rings is 3. The summed E-state index contributed by atoms with van der Waals surface area (Å²) < 4.78 is 11.3. The highest BCUT2D eigenvalue weighted by atomic mass is 16.5. The van der Waals surface area contributed by atoms with Crippen molar-refractivity contribution in [3.05, 3.63) is 118 Å². The van der Waals surface area contributed by atoms with Crippen LogP contribution in [0, 0.1) is 0 Å². The van der Waals surface area contributed by atoms with Gasteiger partial charge < -0.3 is 25.8 Å². The minimum atomic E-state index is -0.194. The predicted molar refractivity (Wildman–Crippen MR) is 178 cm³/mol. The van der Waals surface area contributed by atoms with E-state index in [9.17, 15) is 4.79 Å². The average molecular weight is 607 g/mol. The van der Waals surface area contributed by atoms with E-state index in [2.05, 4.69) is 82.1 Å². The van der Waals surface area contributed by atoms with Gasteiger partial charge in [-0.05, 0) is 59.5 Å². The Hall–Kier alpha value is -4.89. The van der Waals surface area contributed by atoms with Crippen molar-refractivity contribution >= 4 is 17.5 Å². The molecule has 0 spiro atoms. The van der Waals surface area contributed by atoms with Crippen molar-refractivity contribution in [1.82, 2.24) is 19.8 Å². The fourth-order valence-corrected chi connectivity index (χ4v) is 5.98. The van der Waals surface area contributed by atoms with Crippen molar-refractivity contribution in [2.45, 2.75) is 39.3 Å². The number of ketones is 1. The van der Waals surface area contributed by atoms with Crippen molar-refractivity contribution in [1.29, 1.82) is 0 Å². The van der Waals surface area contributed by atoms with Gasteiger partial charge in [-0.1, -0.05) is 62.4 Å². The number of anilines is 2. The van der Waals surface area contributed by atoms with Crippen LogP contribution in [0.4, 0.5) is 11.8 Å². The third kappa shape index (κ3) is 7.10. The van der Waals surface area contributed by atoms with E-state index in [4.69, 9.17) is 20.9 Å². The zero-order chi connectivity index (χ0) is 31.9. The zero-order valence-corrected chi connectivity index (χ0v) is 26.5. The number of methoxy groups -OCH3 is 2. The molecule has 0 fully saturated rings. The van der Waals surface area contributed by atoms with Gasteiger partial charge in [0.15, 0.2) is 17.3 Å². The molecular formula is C36H42N6O3. The second-order valence-corrected chi connectivity index (χ2v) is 11.2. The molecule has 5 rings (SSSR count). The molecule has 234 valence electrons. The lowest BCUT2D eigenvalue weighted by Crippen LogP contribution is -2.32. The van der Waals surface area contributed by atoms with Crippen molar-refractivity contribution in [2.75, 3.05) is 45.3 Å². The van der Waals surface area contributed by atoms with Crippen LogP contribution >= 0.6 is 0 Å². The summed E-state index contributed by atoms with van der Waals surface area (Å²) in [5.74, 6) is 1.04. The fourth-order valence-electron chi connectivity index (χ4n) is 5.98. The van der Waals surface area contributed by atoms with Crippen molar-refractivity contribution in [2.24, 2.45) is 0 Å². The summed E-state index contributed by atoms with van der Waals surface area (Å²) in [6, 6.07) is 21.1. The number of hydrogen-bond donors (Lipinski definition) is 2. The van der Waals surface area contributed by atoms with Crippen molar-refractivity contribution in [3.8, 4) is 11.5 Å². The molecule has 0 radical (unpaired) electrons. The van der Waals surface area contributed by atoms with Crippen LogP contribution in [0.5, 0.6) is 11.5 Å². The molecule has 1 aliphatic rings. The first-order valence-corrected chi connectivity index (χ1v) is 15.3. The van der Waals surface area contributed by atoms with Crippen LogP contribution in [0.1, 0.15) is 63.6 Å². The maximum absolute atomic E-state index is 13.8. The minimum Gasteiger partial charge on any atom is -0.493 e. The Balaban J connectivity index is 1.45. The number of carbonyl (C=O) groups excluding carboxylic acids is 1. The highest BCUT2D eigenvalue weighted by Crippen LogP contribution is 2.37. The van der Waals surface area contributed by atoms with Crippen LogP contribution in [0.3, 0.4) is 0 Å². The summed E-state index contributed by atoms with van der Waals surface area (Å²) in [6.07, 6.45) is 6.42. The van der Waals surface area contributed by atoms with E-state index in [1.165, 1.54) is 29.4 Å². The number of nitrogens with two attached hydrogens (primary N) is 2. The Morgan fingerprint density at radius 3 is 2.47 bits per heavy atom. The Kier molecular flexibility index (Phi) is 9.99. The second kappa shape index (κ2) is 14.3. The van der Waals surface area contributed by atoms with Gasteiger partial charge in [0.05, 0.1) is 25.8 Å². The molecule has 1 unspecified atom stereocenters. The number of ether oxygens (including phenoxy) is 2. The van der Waals surface area contributed by atoms with Gasteiger partial charge in [-0.15, -0.1) is 0 Å². The minimum absolute atomic E-state index is 0.0160. The summed E-state index contributed by atoms with van der Waals surface area (Å²) in [5, 5.41) is 0. The van der Waals surface area contributed by atoms with E-state index in [0.717, 1.165) is 38.2 Å². The van der Waals surface area contributed by atoms with Crippen molar-refractivity contribution < 1.29 is 14.3 Å². The highest BCUT2D eigenvalue weighted by Gasteiger charge is 2.27. The monoisotopic (exact) mass is 606 g/mol. The van der Waals surface area contributed by atoms with Gasteiger partial charge in [-0.25, -0.2) is 4.98 Å². The number of nitrogen functional groups attached to an aromatic ring is 2. The molecule has 0 saturated carbocycles. The number of carbonyl (C=O) groups is 1. The molecule has 0 saturated heterocycles. The van der Waals surface area contributed by atoms with Crippen molar-refractivity contribution in [3.63, 3.8) is 0 Å². The fraction of sp³-hybridized carbons (Fsp3) is 0.306. The van der Waals surface area contributed by atoms with E-state index < -0.39 is 0 Å². The molecule has 0 aliphatic carbocycles. The van der Waals surface area contributed by atoms with Crippen LogP contribution in [0.15, 0.2) is 79.1 Å².